The summed E-state index contributed by atoms with van der Waals surface area (Å²) in [7, 11) is 2.29. The Labute approximate surface area is 115 Å². The van der Waals surface area contributed by atoms with Crippen LogP contribution in [0, 0.1) is 11.3 Å². The third-order valence-corrected chi connectivity index (χ3v) is 4.83. The fourth-order valence-electron chi connectivity index (χ4n) is 3.13. The second-order valence-corrected chi connectivity index (χ2v) is 7.19. The van der Waals surface area contributed by atoms with E-state index < -0.39 is 0 Å². The quantitative estimate of drug-likeness (QED) is 0.780. The molecule has 1 aliphatic rings. The lowest BCUT2D eigenvalue weighted by atomic mass is 9.86. The monoisotopic (exact) mass is 254 g/mol. The first-order valence-electron chi connectivity index (χ1n) is 7.80. The normalized spacial score (nSPS) is 21.5. The molecule has 2 atom stereocenters. The fourth-order valence-corrected chi connectivity index (χ4v) is 3.13. The predicted octanol–water partition coefficient (Wildman–Crippen LogP) is 3.52. The number of likely N-dealkylation sites (N-methyl/N-ethyl adjacent to an activating group) is 2. The molecule has 18 heavy (non-hydrogen) atoms. The van der Waals surface area contributed by atoms with E-state index in [0.29, 0.717) is 17.5 Å². The Balaban J connectivity index is 2.54. The minimum Gasteiger partial charge on any atom is -0.313 e. The minimum absolute atomic E-state index is 0.362. The molecule has 0 aromatic rings. The van der Waals surface area contributed by atoms with Crippen LogP contribution in [0.2, 0.25) is 0 Å². The first-order chi connectivity index (χ1) is 8.36. The van der Waals surface area contributed by atoms with E-state index in [1.165, 1.54) is 32.2 Å². The van der Waals surface area contributed by atoms with Crippen molar-refractivity contribution < 1.29 is 0 Å². The summed E-state index contributed by atoms with van der Waals surface area (Å²) < 4.78 is 0. The number of rotatable bonds is 6. The highest BCUT2D eigenvalue weighted by Crippen LogP contribution is 2.29. The summed E-state index contributed by atoms with van der Waals surface area (Å²) >= 11 is 0. The summed E-state index contributed by atoms with van der Waals surface area (Å²) in [6, 6.07) is 1.31. The van der Waals surface area contributed by atoms with Gasteiger partial charge in [0.05, 0.1) is 0 Å². The zero-order valence-electron chi connectivity index (χ0n) is 13.4. The highest BCUT2D eigenvalue weighted by molar-refractivity contribution is 4.86. The van der Waals surface area contributed by atoms with E-state index in [4.69, 9.17) is 0 Å². The van der Waals surface area contributed by atoms with Crippen LogP contribution in [0.4, 0.5) is 0 Å². The maximum atomic E-state index is 3.72. The molecule has 108 valence electrons. The summed E-state index contributed by atoms with van der Waals surface area (Å²) in [6.07, 6.45) is 5.72. The van der Waals surface area contributed by atoms with Gasteiger partial charge in [-0.1, -0.05) is 40.5 Å². The number of nitrogens with zero attached hydrogens (tertiary/aromatic N) is 1. The van der Waals surface area contributed by atoms with Gasteiger partial charge in [0.2, 0.25) is 0 Å². The second-order valence-electron chi connectivity index (χ2n) is 7.19. The van der Waals surface area contributed by atoms with E-state index in [2.05, 4.69) is 51.9 Å². The molecule has 0 aliphatic heterocycles. The number of hydrogen-bond donors (Lipinski definition) is 1. The minimum atomic E-state index is 0.362. The fraction of sp³-hybridized carbons (Fsp3) is 1.00. The molecule has 0 aromatic carbocycles. The molecule has 1 fully saturated rings. The van der Waals surface area contributed by atoms with Gasteiger partial charge in [-0.25, -0.2) is 0 Å². The highest BCUT2D eigenvalue weighted by Gasteiger charge is 2.29. The number of hydrogen-bond acceptors (Lipinski definition) is 2. The van der Waals surface area contributed by atoms with E-state index >= 15 is 0 Å². The Morgan fingerprint density at radius 3 is 2.22 bits per heavy atom. The van der Waals surface area contributed by atoms with Gasteiger partial charge in [0.25, 0.3) is 0 Å². The van der Waals surface area contributed by atoms with Gasteiger partial charge < -0.3 is 10.2 Å². The van der Waals surface area contributed by atoms with Gasteiger partial charge >= 0.3 is 0 Å². The SMILES string of the molecule is CCNC(CN(C)C(C)C(C)(C)C)C1CCCC1. The molecule has 2 unspecified atom stereocenters. The molecule has 0 spiro atoms. The lowest BCUT2D eigenvalue weighted by Crippen LogP contribution is -2.49. The topological polar surface area (TPSA) is 15.3 Å². The Morgan fingerprint density at radius 2 is 1.78 bits per heavy atom. The van der Waals surface area contributed by atoms with Crippen molar-refractivity contribution >= 4 is 0 Å². The molecular weight excluding hydrogens is 220 g/mol. The molecule has 0 radical (unpaired) electrons. The maximum Gasteiger partial charge on any atom is 0.0223 e. The van der Waals surface area contributed by atoms with Crippen molar-refractivity contribution in [3.63, 3.8) is 0 Å². The standard InChI is InChI=1S/C16H34N2/c1-7-17-15(14-10-8-9-11-14)12-18(6)13(2)16(3,4)5/h13-15,17H,7-12H2,1-6H3. The molecule has 0 aromatic heterocycles. The van der Waals surface area contributed by atoms with Gasteiger partial charge in [-0.15, -0.1) is 0 Å². The van der Waals surface area contributed by atoms with Crippen molar-refractivity contribution in [3.8, 4) is 0 Å². The third-order valence-electron chi connectivity index (χ3n) is 4.83. The Kier molecular flexibility index (Phi) is 6.13. The van der Waals surface area contributed by atoms with Gasteiger partial charge in [0, 0.05) is 18.6 Å². The van der Waals surface area contributed by atoms with E-state index in [-0.39, 0.29) is 0 Å². The average Bonchev–Trinajstić information content (AvgIpc) is 2.79. The van der Waals surface area contributed by atoms with Gasteiger partial charge in [0.15, 0.2) is 0 Å². The van der Waals surface area contributed by atoms with E-state index in [1.807, 2.05) is 0 Å². The molecule has 2 nitrogen and oxygen atoms in total. The first kappa shape index (κ1) is 16.0. The summed E-state index contributed by atoms with van der Waals surface area (Å²) in [4.78, 5) is 2.55. The van der Waals surface area contributed by atoms with Crippen LogP contribution < -0.4 is 5.32 Å². The lowest BCUT2D eigenvalue weighted by molar-refractivity contribution is 0.118. The van der Waals surface area contributed by atoms with Crippen LogP contribution >= 0.6 is 0 Å². The van der Waals surface area contributed by atoms with Gasteiger partial charge in [-0.3, -0.25) is 0 Å². The van der Waals surface area contributed by atoms with Gasteiger partial charge in [-0.05, 0) is 44.7 Å². The molecule has 1 saturated carbocycles. The van der Waals surface area contributed by atoms with Crippen molar-refractivity contribution in [2.24, 2.45) is 11.3 Å². The van der Waals surface area contributed by atoms with Crippen molar-refractivity contribution in [2.45, 2.75) is 72.4 Å². The zero-order valence-corrected chi connectivity index (χ0v) is 13.4. The highest BCUT2D eigenvalue weighted by atomic mass is 15.2. The summed E-state index contributed by atoms with van der Waals surface area (Å²) in [6.45, 7) is 13.9. The molecule has 0 heterocycles. The largest absolute Gasteiger partial charge is 0.313 e. The molecule has 0 saturated heterocycles. The molecule has 0 bridgehead atoms. The smallest absolute Gasteiger partial charge is 0.0223 e. The van der Waals surface area contributed by atoms with Gasteiger partial charge in [0.1, 0.15) is 0 Å². The Morgan fingerprint density at radius 1 is 1.22 bits per heavy atom. The van der Waals surface area contributed by atoms with Crippen LogP contribution in [0.15, 0.2) is 0 Å². The molecule has 1 aliphatic carbocycles. The van der Waals surface area contributed by atoms with Gasteiger partial charge in [-0.2, -0.15) is 0 Å². The van der Waals surface area contributed by atoms with Crippen LogP contribution in [0.3, 0.4) is 0 Å². The second kappa shape index (κ2) is 6.91. The molecule has 1 rings (SSSR count). The maximum absolute atomic E-state index is 3.72. The van der Waals surface area contributed by atoms with Crippen LogP contribution in [0.1, 0.15) is 60.3 Å². The first-order valence-corrected chi connectivity index (χ1v) is 7.80. The third kappa shape index (κ3) is 4.55. The summed E-state index contributed by atoms with van der Waals surface area (Å²) in [5, 5.41) is 3.72. The van der Waals surface area contributed by atoms with Crippen molar-refractivity contribution in [1.29, 1.82) is 0 Å². The van der Waals surface area contributed by atoms with Crippen molar-refractivity contribution in [1.82, 2.24) is 10.2 Å². The molecule has 1 N–H and O–H groups in total. The zero-order chi connectivity index (χ0) is 13.8. The van der Waals surface area contributed by atoms with Crippen molar-refractivity contribution in [3.05, 3.63) is 0 Å². The van der Waals surface area contributed by atoms with Crippen molar-refractivity contribution in [2.75, 3.05) is 20.1 Å². The molecular formula is C16H34N2. The predicted molar refractivity (Wildman–Crippen MR) is 81.0 cm³/mol. The average molecular weight is 254 g/mol. The van der Waals surface area contributed by atoms with E-state index in [9.17, 15) is 0 Å². The lowest BCUT2D eigenvalue weighted by Gasteiger charge is -2.38. The van der Waals surface area contributed by atoms with Crippen LogP contribution in [0.5, 0.6) is 0 Å². The Bertz CT molecular complexity index is 226. The Hall–Kier alpha value is -0.0800. The number of nitrogens with one attached hydrogen (secondary N) is 1. The van der Waals surface area contributed by atoms with Crippen LogP contribution in [-0.2, 0) is 0 Å². The van der Waals surface area contributed by atoms with E-state index in [1.54, 1.807) is 0 Å². The van der Waals surface area contributed by atoms with Crippen LogP contribution in [0.25, 0.3) is 0 Å². The summed E-state index contributed by atoms with van der Waals surface area (Å²) in [5.41, 5.74) is 0.362. The molecule has 2 heteroatoms. The van der Waals surface area contributed by atoms with E-state index in [0.717, 1.165) is 12.5 Å². The van der Waals surface area contributed by atoms with Crippen LogP contribution in [-0.4, -0.2) is 37.1 Å². The molecule has 0 amide bonds. The summed E-state index contributed by atoms with van der Waals surface area (Å²) in [5.74, 6) is 0.902.